The lowest BCUT2D eigenvalue weighted by molar-refractivity contribution is -0.129. The highest BCUT2D eigenvalue weighted by atomic mass is 32.2. The molecule has 1 unspecified atom stereocenters. The molecule has 1 N–H and O–H groups in total. The maximum atomic E-state index is 12.5. The first-order valence-electron chi connectivity index (χ1n) is 8.87. The Morgan fingerprint density at radius 2 is 2.00 bits per heavy atom. The molecule has 0 bridgehead atoms. The van der Waals surface area contributed by atoms with Gasteiger partial charge in [-0.2, -0.15) is 0 Å². The van der Waals surface area contributed by atoms with Crippen LogP contribution in [0.3, 0.4) is 0 Å². The molecule has 8 nitrogen and oxygen atoms in total. The van der Waals surface area contributed by atoms with Gasteiger partial charge < -0.3 is 14.6 Å². The van der Waals surface area contributed by atoms with E-state index in [2.05, 4.69) is 5.32 Å². The summed E-state index contributed by atoms with van der Waals surface area (Å²) in [6, 6.07) is 10.1. The summed E-state index contributed by atoms with van der Waals surface area (Å²) in [6.07, 6.45) is 1.67. The summed E-state index contributed by atoms with van der Waals surface area (Å²) in [7, 11) is -0.690. The molecule has 0 aliphatic carbocycles. The molecule has 0 radical (unpaired) electrons. The lowest BCUT2D eigenvalue weighted by atomic mass is 10.1. The monoisotopic (exact) mass is 405 g/mol. The number of hydrogen-bond acceptors (Lipinski definition) is 5. The van der Waals surface area contributed by atoms with Crippen LogP contribution in [0, 0.1) is 5.92 Å². The molecule has 2 aromatic rings. The van der Waals surface area contributed by atoms with Crippen LogP contribution in [0.2, 0.25) is 0 Å². The topological polar surface area (TPSA) is 99.9 Å². The van der Waals surface area contributed by atoms with E-state index in [1.165, 1.54) is 20.2 Å². The molecule has 1 saturated heterocycles. The Morgan fingerprint density at radius 1 is 1.25 bits per heavy atom. The van der Waals surface area contributed by atoms with Crippen LogP contribution in [-0.4, -0.2) is 50.1 Å². The molecule has 1 aliphatic rings. The first-order valence-corrected chi connectivity index (χ1v) is 10.3. The minimum atomic E-state index is -3.61. The van der Waals surface area contributed by atoms with Gasteiger partial charge in [0.25, 0.3) is 0 Å². The van der Waals surface area contributed by atoms with E-state index < -0.39 is 15.9 Å². The van der Waals surface area contributed by atoms with Gasteiger partial charge in [0.1, 0.15) is 5.76 Å². The van der Waals surface area contributed by atoms with Gasteiger partial charge in [0.2, 0.25) is 21.8 Å². The van der Waals surface area contributed by atoms with Crippen LogP contribution in [0.1, 0.15) is 17.7 Å². The largest absolute Gasteiger partial charge is 0.467 e. The highest BCUT2D eigenvalue weighted by molar-refractivity contribution is 7.89. The first-order chi connectivity index (χ1) is 13.3. The van der Waals surface area contributed by atoms with Crippen LogP contribution in [0.5, 0.6) is 0 Å². The van der Waals surface area contributed by atoms with Gasteiger partial charge in [0.05, 0.1) is 23.6 Å². The third-order valence-corrected chi connectivity index (χ3v) is 6.61. The molecule has 150 valence electrons. The Morgan fingerprint density at radius 3 is 2.68 bits per heavy atom. The van der Waals surface area contributed by atoms with Gasteiger partial charge in [0, 0.05) is 33.6 Å². The normalized spacial score (nSPS) is 17.3. The van der Waals surface area contributed by atoms with Crippen molar-refractivity contribution in [3.63, 3.8) is 0 Å². The molecule has 1 aromatic carbocycles. The van der Waals surface area contributed by atoms with E-state index in [0.717, 1.165) is 4.31 Å². The average molecular weight is 405 g/mol. The summed E-state index contributed by atoms with van der Waals surface area (Å²) in [5, 5.41) is 2.77. The zero-order chi connectivity index (χ0) is 20.3. The third kappa shape index (κ3) is 4.26. The van der Waals surface area contributed by atoms with Gasteiger partial charge in [-0.1, -0.05) is 18.2 Å². The number of amides is 2. The maximum Gasteiger partial charge on any atom is 0.242 e. The van der Waals surface area contributed by atoms with Gasteiger partial charge in [0.15, 0.2) is 0 Å². The molecule has 2 amide bonds. The molecule has 28 heavy (non-hydrogen) atoms. The van der Waals surface area contributed by atoms with Crippen LogP contribution in [0.4, 0.5) is 0 Å². The van der Waals surface area contributed by atoms with Crippen molar-refractivity contribution >= 4 is 21.8 Å². The van der Waals surface area contributed by atoms with Gasteiger partial charge in [-0.3, -0.25) is 9.59 Å². The highest BCUT2D eigenvalue weighted by Gasteiger charge is 2.34. The van der Waals surface area contributed by atoms with Crippen molar-refractivity contribution in [3.05, 3.63) is 54.0 Å². The number of furan rings is 1. The van der Waals surface area contributed by atoms with Crippen LogP contribution < -0.4 is 5.32 Å². The van der Waals surface area contributed by atoms with Gasteiger partial charge >= 0.3 is 0 Å². The van der Waals surface area contributed by atoms with E-state index in [9.17, 15) is 18.0 Å². The van der Waals surface area contributed by atoms with Crippen molar-refractivity contribution in [2.45, 2.75) is 24.4 Å². The second-order valence-electron chi connectivity index (χ2n) is 6.87. The zero-order valence-corrected chi connectivity index (χ0v) is 16.6. The number of carbonyl (C=O) groups is 2. The van der Waals surface area contributed by atoms with Crippen molar-refractivity contribution in [1.82, 2.24) is 14.5 Å². The Balaban J connectivity index is 1.63. The molecule has 1 fully saturated rings. The minimum Gasteiger partial charge on any atom is -0.467 e. The van der Waals surface area contributed by atoms with Crippen LogP contribution in [0.15, 0.2) is 52.0 Å². The third-order valence-electron chi connectivity index (χ3n) is 4.70. The summed E-state index contributed by atoms with van der Waals surface area (Å²) >= 11 is 0. The number of benzene rings is 1. The van der Waals surface area contributed by atoms with Crippen molar-refractivity contribution in [2.24, 2.45) is 5.92 Å². The second kappa shape index (κ2) is 8.15. The molecular formula is C19H23N3O5S. The van der Waals surface area contributed by atoms with E-state index in [0.29, 0.717) is 24.4 Å². The average Bonchev–Trinajstić information content (AvgIpc) is 3.30. The van der Waals surface area contributed by atoms with E-state index in [1.807, 2.05) is 0 Å². The number of rotatable bonds is 7. The Kier molecular flexibility index (Phi) is 5.85. The van der Waals surface area contributed by atoms with E-state index in [4.69, 9.17) is 4.42 Å². The Hall–Kier alpha value is -2.65. The predicted octanol–water partition coefficient (Wildman–Crippen LogP) is 1.19. The quantitative estimate of drug-likeness (QED) is 0.746. The lowest BCUT2D eigenvalue weighted by Crippen LogP contribution is -2.33. The number of carbonyl (C=O) groups excluding carboxylic acids is 2. The minimum absolute atomic E-state index is 0.0744. The number of nitrogens with zero attached hydrogens (tertiary/aromatic N) is 2. The molecule has 0 spiro atoms. The Labute approximate surface area is 164 Å². The zero-order valence-electron chi connectivity index (χ0n) is 15.8. The van der Waals surface area contributed by atoms with Crippen molar-refractivity contribution in [1.29, 1.82) is 0 Å². The fourth-order valence-corrected chi connectivity index (χ4v) is 4.23. The van der Waals surface area contributed by atoms with Crippen LogP contribution in [0.25, 0.3) is 0 Å². The molecule has 0 saturated carbocycles. The lowest BCUT2D eigenvalue weighted by Gasteiger charge is -2.17. The van der Waals surface area contributed by atoms with Gasteiger partial charge in [-0.25, -0.2) is 12.7 Å². The van der Waals surface area contributed by atoms with E-state index in [1.54, 1.807) is 41.5 Å². The molecular weight excluding hydrogens is 382 g/mol. The highest BCUT2D eigenvalue weighted by Crippen LogP contribution is 2.22. The smallest absolute Gasteiger partial charge is 0.242 e. The summed E-state index contributed by atoms with van der Waals surface area (Å²) in [5.74, 6) is -0.184. The fraction of sp³-hybridized carbons (Fsp3) is 0.368. The van der Waals surface area contributed by atoms with Crippen LogP contribution >= 0.6 is 0 Å². The summed E-state index contributed by atoms with van der Waals surface area (Å²) in [4.78, 5) is 26.4. The van der Waals surface area contributed by atoms with E-state index >= 15 is 0 Å². The van der Waals surface area contributed by atoms with Crippen molar-refractivity contribution in [3.8, 4) is 0 Å². The fourth-order valence-electron chi connectivity index (χ4n) is 3.12. The first kappa shape index (κ1) is 20.1. The summed E-state index contributed by atoms with van der Waals surface area (Å²) < 4.78 is 31.3. The SMILES string of the molecule is CN(C)S(=O)(=O)c1ccccc1CNC(=O)C1CC(=O)N(Cc2ccco2)C1. The molecule has 1 aromatic heterocycles. The number of hydrogen-bond donors (Lipinski definition) is 1. The predicted molar refractivity (Wildman–Crippen MR) is 101 cm³/mol. The number of sulfonamides is 1. The Bertz CT molecular complexity index is 954. The van der Waals surface area contributed by atoms with Gasteiger partial charge in [-0.15, -0.1) is 0 Å². The number of nitrogens with one attached hydrogen (secondary N) is 1. The standard InChI is InChI=1S/C19H23N3O5S/c1-21(2)28(25,26)17-8-4-3-6-14(17)11-20-19(24)15-10-18(23)22(12-15)13-16-7-5-9-27-16/h3-9,15H,10-13H2,1-2H3,(H,20,24). The molecule has 1 aliphatic heterocycles. The summed E-state index contributed by atoms with van der Waals surface area (Å²) in [6.45, 7) is 0.716. The molecule has 1 atom stereocenters. The van der Waals surface area contributed by atoms with Gasteiger partial charge in [-0.05, 0) is 23.8 Å². The second-order valence-corrected chi connectivity index (χ2v) is 8.99. The maximum absolute atomic E-state index is 12.5. The van der Waals surface area contributed by atoms with Crippen molar-refractivity contribution < 1.29 is 22.4 Å². The molecule has 9 heteroatoms. The molecule has 3 rings (SSSR count). The van der Waals surface area contributed by atoms with Crippen LogP contribution in [-0.2, 0) is 32.7 Å². The number of likely N-dealkylation sites (tertiary alicyclic amines) is 1. The van der Waals surface area contributed by atoms with Crippen molar-refractivity contribution in [2.75, 3.05) is 20.6 Å². The summed E-state index contributed by atoms with van der Waals surface area (Å²) in [5.41, 5.74) is 0.501. The van der Waals surface area contributed by atoms with E-state index in [-0.39, 0.29) is 29.7 Å². The molecule has 2 heterocycles.